The lowest BCUT2D eigenvalue weighted by Crippen LogP contribution is -2.45. The van der Waals surface area contributed by atoms with E-state index >= 15 is 0 Å². The van der Waals surface area contributed by atoms with Crippen molar-refractivity contribution in [1.82, 2.24) is 82.7 Å². The van der Waals surface area contributed by atoms with Crippen molar-refractivity contribution in [1.29, 1.82) is 0 Å². The number of nitrogen functional groups attached to an aromatic ring is 4. The summed E-state index contributed by atoms with van der Waals surface area (Å²) in [4.78, 5) is 68.9. The van der Waals surface area contributed by atoms with Crippen molar-refractivity contribution in [2.45, 2.75) is 401 Å². The van der Waals surface area contributed by atoms with E-state index in [-0.39, 0.29) is 94.8 Å². The van der Waals surface area contributed by atoms with E-state index in [9.17, 15) is 50.7 Å². The maximum atomic E-state index is 13.6. The summed E-state index contributed by atoms with van der Waals surface area (Å²) in [5, 5.41) is 28.8. The molecule has 4 aliphatic heterocycles. The van der Waals surface area contributed by atoms with Gasteiger partial charge in [-0.25, -0.2) is 69.0 Å². The Hall–Kier alpha value is -7.01. The number of carbonyl (C=O) groups is 2. The van der Waals surface area contributed by atoms with Crippen LogP contribution in [0.25, 0.3) is 44.7 Å². The zero-order valence-corrected chi connectivity index (χ0v) is 90.7. The number of phosphoric acid groups is 1. The predicted molar refractivity (Wildman–Crippen MR) is 519 cm³/mol. The number of fused-ring (bicyclic) bond motifs is 4. The maximum absolute atomic E-state index is 13.6. The summed E-state index contributed by atoms with van der Waals surface area (Å²) < 4.78 is 162. The van der Waals surface area contributed by atoms with E-state index in [0.717, 1.165) is 12.8 Å². The molecule has 0 aromatic carbocycles. The molecule has 0 radical (unpaired) electrons. The molecular formula is C87H151F6N21O18P2Si3. The van der Waals surface area contributed by atoms with Crippen LogP contribution in [0.5, 0.6) is 0 Å². The number of halogens is 6. The molecule has 12 rings (SSSR count). The molecule has 12 atom stereocenters. The minimum absolute atomic E-state index is 0.00104. The van der Waals surface area contributed by atoms with Gasteiger partial charge in [-0.2, -0.15) is 26.3 Å². The molecule has 0 saturated carbocycles. The molecule has 0 unspecified atom stereocenters. The average molecular weight is 2040 g/mol. The highest BCUT2D eigenvalue weighted by molar-refractivity contribution is 7.48. The van der Waals surface area contributed by atoms with Crippen LogP contribution in [0.1, 0.15) is 251 Å². The van der Waals surface area contributed by atoms with Gasteiger partial charge in [-0.05, 0) is 172 Å². The van der Waals surface area contributed by atoms with Crippen LogP contribution in [0.3, 0.4) is 0 Å². The van der Waals surface area contributed by atoms with E-state index in [2.05, 4.69) is 242 Å². The first kappa shape index (κ1) is 119. The Labute approximate surface area is 804 Å². The number of carbonyl (C=O) groups excluding carboxylic acids is 2. The van der Waals surface area contributed by atoms with E-state index in [0.29, 0.717) is 107 Å². The Morgan fingerprint density at radius 3 is 0.949 bits per heavy atom. The lowest BCUT2D eigenvalue weighted by Gasteiger charge is -2.41. The number of ether oxygens (including phenoxy) is 4. The van der Waals surface area contributed by atoms with Crippen molar-refractivity contribution in [2.75, 3.05) is 42.8 Å². The van der Waals surface area contributed by atoms with Gasteiger partial charge in [-0.15, -0.1) is 0 Å². The summed E-state index contributed by atoms with van der Waals surface area (Å²) in [5.74, 6) is -2.22. The molecule has 776 valence electrons. The van der Waals surface area contributed by atoms with E-state index in [1.54, 1.807) is 65.1 Å². The fourth-order valence-corrected chi connectivity index (χ4v) is 20.9. The fraction of sp³-hybridized carbons (Fsp3) is 0.747. The van der Waals surface area contributed by atoms with E-state index in [4.69, 9.17) is 82.9 Å². The van der Waals surface area contributed by atoms with Crippen molar-refractivity contribution in [3.8, 4) is 0 Å². The zero-order chi connectivity index (χ0) is 104. The summed E-state index contributed by atoms with van der Waals surface area (Å²) in [5.41, 5.74) is 26.1. The summed E-state index contributed by atoms with van der Waals surface area (Å²) in [6.45, 7) is 68.3. The number of nitrogens with zero attached hydrogens (tertiary/aromatic N) is 17. The van der Waals surface area contributed by atoms with Gasteiger partial charge in [0, 0.05) is 51.6 Å². The third-order valence-electron chi connectivity index (χ3n) is 22.8. The van der Waals surface area contributed by atoms with Gasteiger partial charge in [0.2, 0.25) is 11.6 Å². The van der Waals surface area contributed by atoms with Crippen molar-refractivity contribution in [3.63, 3.8) is 0 Å². The highest BCUT2D eigenvalue weighted by Crippen LogP contribution is 2.57. The van der Waals surface area contributed by atoms with Crippen LogP contribution in [0.15, 0.2) is 50.6 Å². The number of alkyl halides is 6. The molecule has 0 amide bonds. The molecule has 4 aliphatic rings. The van der Waals surface area contributed by atoms with Gasteiger partial charge >= 0.3 is 20.2 Å². The Kier molecular flexibility index (Phi) is 40.4. The third-order valence-corrected chi connectivity index (χ3v) is 41.0. The smallest absolute Gasteiger partial charge is 0.409 e. The van der Waals surface area contributed by atoms with Crippen LogP contribution < -0.4 is 22.9 Å². The second-order valence-electron chi connectivity index (χ2n) is 42.9. The summed E-state index contributed by atoms with van der Waals surface area (Å²) in [7, 11) is -11.0. The SMILES string of the molecule is CC(=O)C(F)(F)F.CC(=O)C(F)(F)F.CC(C)(C)OP(=O)(OC[C@@H]1C[C@@H](O[Si](C)(C)C(C)(C)C)[C@H](n2cnc3c(N)ncnc32)O1)OC(C)(C)C.CC(C)(C)[Si](C)(C)O[C@@H]1C[C@@H](CO)O[C@H]1n1cnc2c(N)ncnc21.CC(C)N(C(C)C)P(OC(C)(C)C)OC(C)(C)C.CC[C@@H]1C[C@@H](O[Si](C)(C)C(C)(C)C)[C@H](n2cnc3c(N)ncnc32)O1.Nc1ncnc2c1ncn2[C@@H]1O[C@H](CO)C[C@H]1O. The highest BCUT2D eigenvalue weighted by atomic mass is 31.2. The number of aromatic nitrogens is 16. The zero-order valence-electron chi connectivity index (χ0n) is 85.9. The number of Topliss-reactive ketones (excluding diaryl/α,β-unsaturated/α-hetero) is 2. The van der Waals surface area contributed by atoms with Gasteiger partial charge in [-0.1, -0.05) is 69.2 Å². The Morgan fingerprint density at radius 2 is 0.701 bits per heavy atom. The second kappa shape index (κ2) is 46.6. The van der Waals surface area contributed by atoms with Gasteiger partial charge in [0.1, 0.15) is 53.5 Å². The normalized spacial score (nSPS) is 21.8. The first-order valence-electron chi connectivity index (χ1n) is 45.5. The highest BCUT2D eigenvalue weighted by Gasteiger charge is 2.51. The number of hydrogen-bond donors (Lipinski definition) is 7. The van der Waals surface area contributed by atoms with Gasteiger partial charge in [0.25, 0.3) is 8.53 Å². The number of rotatable bonds is 23. The average Bonchev–Trinajstić information content (AvgIpc) is 1.71. The van der Waals surface area contributed by atoms with Crippen molar-refractivity contribution in [2.24, 2.45) is 0 Å². The predicted octanol–water partition coefficient (Wildman–Crippen LogP) is 17.7. The number of aliphatic hydroxyl groups is 3. The number of nitrogens with two attached hydrogens (primary N) is 4. The largest absolute Gasteiger partial charge is 0.475 e. The molecule has 39 nitrogen and oxygen atoms in total. The topological polar surface area (TPSA) is 504 Å². The number of imidazole rings is 4. The van der Waals surface area contributed by atoms with Crippen molar-refractivity contribution in [3.05, 3.63) is 50.6 Å². The first-order valence-corrected chi connectivity index (χ1v) is 56.8. The Balaban J connectivity index is 0.000000259. The van der Waals surface area contributed by atoms with Crippen LogP contribution in [0.2, 0.25) is 54.4 Å². The molecule has 0 aliphatic carbocycles. The van der Waals surface area contributed by atoms with Gasteiger partial charge in [0.15, 0.2) is 95.7 Å². The molecule has 8 aromatic heterocycles. The first-order chi connectivity index (χ1) is 62.4. The number of anilines is 4. The van der Waals surface area contributed by atoms with E-state index < -0.39 is 107 Å². The summed E-state index contributed by atoms with van der Waals surface area (Å²) in [6, 6.07) is 0.807. The number of phosphoric ester groups is 1. The summed E-state index contributed by atoms with van der Waals surface area (Å²) >= 11 is 0. The fourth-order valence-electron chi connectivity index (χ4n) is 13.1. The standard InChI is InChI=1S/C24H44N5O6PSi.C17H29N5O2Si.C16H27N5O3Si.C14H32NO2P.C10H13N5O3.2C3H3F3O/c1-22(2,3)34-36(30,35-23(4,5)6)31-13-16-12-17(33-37(10,11)24(7,8)9)21(32-16)29-15-28-18-19(25)26-14-27-20(18)29;1-7-11-8-12(24-25(5,6)17(2,3)4)16(23-11)22-10-21-13-14(18)19-9-20-15(13)22;1-16(2,3)25(4,5)24-11-6-10(7-22)23-15(11)21-9-20-12-13(17)18-8-19-14(12)21;1-11(2)15(12(3)4)18(16-13(5,6)7)17-14(8,9)10;11-8-7-9(13-3-12-8)15(4-14-7)10-6(17)1-5(2-16)18-10;2*1-2(7)3(4,5)6/h14-17,21H,12-13H2,1-11H3,(H2,25,26,27);9-12,16H,7-8H2,1-6H3,(H2,18,19,20);8-11,15,22H,6-7H2,1-5H3,(H2,17,18,19);11-12H,1-10H3;3-6,10,16-17H,1-2H2,(H2,11,12,13);2*1H3/t16-,17+,21+;11-,12-,16-;10-,11+,15+;;5-,6+,10+;;/m010.0../s1. The quantitative estimate of drug-likeness (QED) is 0.0178. The number of ketones is 2. The van der Waals surface area contributed by atoms with Crippen LogP contribution in [0.4, 0.5) is 49.6 Å². The lowest BCUT2D eigenvalue weighted by atomic mass is 10.1. The molecule has 12 heterocycles. The molecule has 4 fully saturated rings. The molecule has 4 saturated heterocycles. The molecule has 8 aromatic rings. The maximum Gasteiger partial charge on any atom is 0.475 e. The van der Waals surface area contributed by atoms with Crippen LogP contribution in [0, 0.1) is 0 Å². The van der Waals surface area contributed by atoms with Gasteiger partial charge in [0.05, 0.1) is 110 Å². The minimum atomic E-state index is -4.64. The van der Waals surface area contributed by atoms with Crippen LogP contribution in [-0.2, 0) is 69.0 Å². The van der Waals surface area contributed by atoms with Crippen molar-refractivity contribution < 1.29 is 111 Å². The molecular weight excluding hydrogens is 1890 g/mol. The second-order valence-corrected chi connectivity index (χ2v) is 60.0. The van der Waals surface area contributed by atoms with Crippen LogP contribution >= 0.6 is 16.3 Å². The summed E-state index contributed by atoms with van der Waals surface area (Å²) in [6.07, 6.45) is 2.35. The number of hydrogen-bond acceptors (Lipinski definition) is 35. The van der Waals surface area contributed by atoms with Crippen LogP contribution in [-0.4, -0.2) is 250 Å². The Bertz CT molecular complexity index is 5070. The molecule has 0 bridgehead atoms. The molecule has 137 heavy (non-hydrogen) atoms. The third kappa shape index (κ3) is 33.6. The monoisotopic (exact) mass is 2040 g/mol. The van der Waals surface area contributed by atoms with Gasteiger partial charge < -0.3 is 79.5 Å². The van der Waals surface area contributed by atoms with E-state index in [1.807, 2.05) is 13.7 Å². The lowest BCUT2D eigenvalue weighted by molar-refractivity contribution is -0.168. The minimum Gasteiger partial charge on any atom is -0.409 e. The van der Waals surface area contributed by atoms with Gasteiger partial charge in [-0.3, -0.25) is 41.4 Å². The molecule has 0 spiro atoms. The molecule has 50 heteroatoms. The Morgan fingerprint density at radius 1 is 0.445 bits per heavy atom. The molecule has 11 N–H and O–H groups in total. The number of aliphatic hydroxyl groups excluding tert-OH is 3. The van der Waals surface area contributed by atoms with E-state index in [1.165, 1.54) is 31.6 Å². The van der Waals surface area contributed by atoms with Crippen molar-refractivity contribution >= 4 is 121 Å².